The van der Waals surface area contributed by atoms with Gasteiger partial charge in [-0.3, -0.25) is 0 Å². The molecule has 0 aromatic heterocycles. The van der Waals surface area contributed by atoms with E-state index < -0.39 is 5.97 Å². The number of hydrogen-bond donors (Lipinski definition) is 2. The molecule has 0 unspecified atom stereocenters. The van der Waals surface area contributed by atoms with Gasteiger partial charge in [-0.15, -0.1) is 0 Å². The lowest BCUT2D eigenvalue weighted by atomic mass is 9.59. The van der Waals surface area contributed by atoms with Crippen molar-refractivity contribution in [3.63, 3.8) is 0 Å². The molecule has 3 heteroatoms. The quantitative estimate of drug-likeness (QED) is 0.357. The van der Waals surface area contributed by atoms with E-state index in [0.29, 0.717) is 5.56 Å². The first kappa shape index (κ1) is 28.3. The normalized spacial score (nSPS) is 13.4. The predicted octanol–water partition coefficient (Wildman–Crippen LogP) is 8.24. The predicted molar refractivity (Wildman–Crippen MR) is 138 cm³/mol. The van der Waals surface area contributed by atoms with E-state index in [4.69, 9.17) is 0 Å². The van der Waals surface area contributed by atoms with E-state index in [0.717, 1.165) is 36.8 Å². The number of aliphatic carboxylic acids is 1. The molecule has 3 nitrogen and oxygen atoms in total. The first-order valence-electron chi connectivity index (χ1n) is 12.2. The van der Waals surface area contributed by atoms with Gasteiger partial charge in [0.2, 0.25) is 0 Å². The van der Waals surface area contributed by atoms with E-state index in [9.17, 15) is 15.0 Å². The highest BCUT2D eigenvalue weighted by atomic mass is 16.4. The summed E-state index contributed by atoms with van der Waals surface area (Å²) in [6.07, 6.45) is 3.47. The van der Waals surface area contributed by atoms with Gasteiger partial charge in [0.05, 0.1) is 5.57 Å². The SMILES string of the molecule is C=C(C(=O)O)c1c(O)c(C(C)(C)CC)c(C(C)(C)CC)c(C(C)(C)CC)c1C(C)(C)CC. The van der Waals surface area contributed by atoms with Gasteiger partial charge in [-0.05, 0) is 64.0 Å². The van der Waals surface area contributed by atoms with Crippen LogP contribution in [0.2, 0.25) is 0 Å². The number of phenolic OH excluding ortho intramolecular Hbond substituents is 1. The lowest BCUT2D eigenvalue weighted by Crippen LogP contribution is -2.36. The van der Waals surface area contributed by atoms with E-state index in [-0.39, 0.29) is 33.0 Å². The highest BCUT2D eigenvalue weighted by Crippen LogP contribution is 2.55. The Hall–Kier alpha value is -1.77. The Morgan fingerprint density at radius 2 is 0.938 bits per heavy atom. The first-order chi connectivity index (χ1) is 14.4. The van der Waals surface area contributed by atoms with Crippen molar-refractivity contribution >= 4 is 11.5 Å². The zero-order chi connectivity index (χ0) is 25.4. The molecule has 32 heavy (non-hydrogen) atoms. The third-order valence-corrected chi connectivity index (χ3v) is 8.28. The Morgan fingerprint density at radius 1 is 0.656 bits per heavy atom. The molecule has 2 N–H and O–H groups in total. The summed E-state index contributed by atoms with van der Waals surface area (Å²) >= 11 is 0. The summed E-state index contributed by atoms with van der Waals surface area (Å²) in [6.45, 7) is 30.2. The minimum absolute atomic E-state index is 0.0267. The number of hydrogen-bond acceptors (Lipinski definition) is 2. The van der Waals surface area contributed by atoms with Crippen LogP contribution in [0.25, 0.3) is 5.57 Å². The molecule has 0 bridgehead atoms. The Bertz CT molecular complexity index is 882. The molecule has 1 aromatic rings. The summed E-state index contributed by atoms with van der Waals surface area (Å²) in [6, 6.07) is 0. The molecule has 1 rings (SSSR count). The summed E-state index contributed by atoms with van der Waals surface area (Å²) < 4.78 is 0. The summed E-state index contributed by atoms with van der Waals surface area (Å²) in [5, 5.41) is 21.9. The van der Waals surface area contributed by atoms with Crippen molar-refractivity contribution in [1.82, 2.24) is 0 Å². The van der Waals surface area contributed by atoms with Crippen molar-refractivity contribution in [2.24, 2.45) is 0 Å². The van der Waals surface area contributed by atoms with Crippen LogP contribution in [0.15, 0.2) is 6.58 Å². The van der Waals surface area contributed by atoms with Crippen LogP contribution in [0, 0.1) is 0 Å². The maximum absolute atomic E-state index is 12.2. The van der Waals surface area contributed by atoms with Crippen LogP contribution in [-0.4, -0.2) is 16.2 Å². The van der Waals surface area contributed by atoms with Crippen LogP contribution < -0.4 is 0 Å². The molecule has 1 aromatic carbocycles. The lowest BCUT2D eigenvalue weighted by molar-refractivity contribution is -0.130. The van der Waals surface area contributed by atoms with Crippen LogP contribution in [0.4, 0.5) is 0 Å². The van der Waals surface area contributed by atoms with Gasteiger partial charge in [0.25, 0.3) is 0 Å². The molecule has 0 saturated heterocycles. The second-order valence-electron chi connectivity index (χ2n) is 12.0. The monoisotopic (exact) mass is 444 g/mol. The molecule has 0 atom stereocenters. The first-order valence-corrected chi connectivity index (χ1v) is 12.2. The zero-order valence-electron chi connectivity index (χ0n) is 22.8. The van der Waals surface area contributed by atoms with Crippen LogP contribution in [0.3, 0.4) is 0 Å². The zero-order valence-corrected chi connectivity index (χ0v) is 22.8. The third-order valence-electron chi connectivity index (χ3n) is 8.28. The van der Waals surface area contributed by atoms with Gasteiger partial charge in [-0.25, -0.2) is 4.79 Å². The number of phenols is 1. The third kappa shape index (κ3) is 4.77. The van der Waals surface area contributed by atoms with E-state index in [1.54, 1.807) is 0 Å². The van der Waals surface area contributed by atoms with Gasteiger partial charge in [-0.2, -0.15) is 0 Å². The molecule has 0 spiro atoms. The number of carboxylic acids is 1. The van der Waals surface area contributed by atoms with Gasteiger partial charge in [0, 0.05) is 11.1 Å². The average molecular weight is 445 g/mol. The molecule has 0 aliphatic rings. The summed E-state index contributed by atoms with van der Waals surface area (Å²) in [5.74, 6) is -0.982. The molecule has 0 saturated carbocycles. The molecule has 182 valence electrons. The number of carbonyl (C=O) groups is 1. The van der Waals surface area contributed by atoms with Crippen molar-refractivity contribution in [2.45, 2.75) is 130 Å². The summed E-state index contributed by atoms with van der Waals surface area (Å²) in [5.41, 5.74) is 3.56. The van der Waals surface area contributed by atoms with Crippen molar-refractivity contribution in [2.75, 3.05) is 0 Å². The standard InChI is InChI=1S/C29H48O3/c1-14-26(6,7)20-19(18(5)25(31)32)24(30)23(29(12,13)17-4)22(28(10,11)16-3)21(20)27(8,9)15-2/h30H,5,14-17H2,1-4,6-13H3,(H,31,32). The molecule has 0 heterocycles. The largest absolute Gasteiger partial charge is 0.507 e. The fraction of sp³-hybridized carbons (Fsp3) is 0.690. The second kappa shape index (κ2) is 9.23. The number of aromatic hydroxyl groups is 1. The highest BCUT2D eigenvalue weighted by molar-refractivity contribution is 6.16. The Balaban J connectivity index is 4.75. The van der Waals surface area contributed by atoms with Crippen LogP contribution >= 0.6 is 0 Å². The van der Waals surface area contributed by atoms with Gasteiger partial charge < -0.3 is 10.2 Å². The maximum Gasteiger partial charge on any atom is 0.335 e. The van der Waals surface area contributed by atoms with Gasteiger partial charge in [0.1, 0.15) is 5.75 Å². The molecule has 0 radical (unpaired) electrons. The second-order valence-corrected chi connectivity index (χ2v) is 12.0. The number of carboxylic acid groups (broad SMARTS) is 1. The van der Waals surface area contributed by atoms with Gasteiger partial charge in [-0.1, -0.05) is 89.7 Å². The van der Waals surface area contributed by atoms with E-state index in [1.165, 1.54) is 11.1 Å². The Morgan fingerprint density at radius 3 is 1.25 bits per heavy atom. The smallest absolute Gasteiger partial charge is 0.335 e. The molecule has 0 aliphatic heterocycles. The van der Waals surface area contributed by atoms with E-state index in [1.807, 2.05) is 0 Å². The molecule has 0 amide bonds. The number of rotatable bonds is 10. The van der Waals surface area contributed by atoms with Crippen molar-refractivity contribution in [3.8, 4) is 5.75 Å². The van der Waals surface area contributed by atoms with Crippen molar-refractivity contribution in [1.29, 1.82) is 0 Å². The van der Waals surface area contributed by atoms with Gasteiger partial charge >= 0.3 is 5.97 Å². The maximum atomic E-state index is 12.2. The number of benzene rings is 1. The average Bonchev–Trinajstić information content (AvgIpc) is 2.71. The van der Waals surface area contributed by atoms with E-state index in [2.05, 4.69) is 89.7 Å². The van der Waals surface area contributed by atoms with Crippen molar-refractivity contribution in [3.05, 3.63) is 34.4 Å². The highest BCUT2D eigenvalue weighted by Gasteiger charge is 2.44. The minimum Gasteiger partial charge on any atom is -0.507 e. The summed E-state index contributed by atoms with van der Waals surface area (Å²) in [7, 11) is 0. The Labute approximate surface area is 197 Å². The minimum atomic E-state index is -1.09. The fourth-order valence-corrected chi connectivity index (χ4v) is 4.53. The van der Waals surface area contributed by atoms with Crippen LogP contribution in [-0.2, 0) is 26.5 Å². The van der Waals surface area contributed by atoms with Crippen molar-refractivity contribution < 1.29 is 15.0 Å². The molecular formula is C29H48O3. The topological polar surface area (TPSA) is 57.5 Å². The van der Waals surface area contributed by atoms with Crippen LogP contribution in [0.1, 0.15) is 137 Å². The van der Waals surface area contributed by atoms with Gasteiger partial charge in [0.15, 0.2) is 0 Å². The molecule has 0 fully saturated rings. The lowest BCUT2D eigenvalue weighted by Gasteiger charge is -2.45. The Kier molecular flexibility index (Phi) is 8.15. The fourth-order valence-electron chi connectivity index (χ4n) is 4.53. The molecule has 0 aliphatic carbocycles. The molecular weight excluding hydrogens is 396 g/mol. The van der Waals surface area contributed by atoms with E-state index >= 15 is 0 Å². The van der Waals surface area contributed by atoms with Crippen LogP contribution in [0.5, 0.6) is 5.75 Å². The summed E-state index contributed by atoms with van der Waals surface area (Å²) in [4.78, 5) is 12.2.